The monoisotopic (exact) mass is 654 g/mol. The smallest absolute Gasteiger partial charge is 0.311 e. The molecule has 0 saturated carbocycles. The Morgan fingerprint density at radius 3 is 2.49 bits per heavy atom. The normalized spacial score (nSPS) is 19.6. The molecule has 14 heteroatoms. The van der Waals surface area contributed by atoms with Crippen molar-refractivity contribution in [2.24, 2.45) is 5.92 Å². The molecule has 2 heterocycles. The van der Waals surface area contributed by atoms with Crippen molar-refractivity contribution in [3.8, 4) is 11.5 Å². The minimum absolute atomic E-state index is 0.0317. The Morgan fingerprint density at radius 2 is 1.84 bits per heavy atom. The molecule has 0 spiro atoms. The van der Waals surface area contributed by atoms with Crippen molar-refractivity contribution in [3.63, 3.8) is 0 Å². The number of carbonyl (C=O) groups excluding carboxylic acids is 1. The van der Waals surface area contributed by atoms with E-state index in [1.165, 1.54) is 32.0 Å². The number of rotatable bonds is 16. The van der Waals surface area contributed by atoms with Crippen LogP contribution in [0.1, 0.15) is 90.7 Å². The van der Waals surface area contributed by atoms with Gasteiger partial charge in [-0.2, -0.15) is 8.42 Å². The molecular weight excluding hydrogens is 604 g/mol. The highest BCUT2D eigenvalue weighted by molar-refractivity contribution is 7.87. The van der Waals surface area contributed by atoms with Crippen molar-refractivity contribution in [2.75, 3.05) is 19.8 Å². The van der Waals surface area contributed by atoms with Crippen molar-refractivity contribution >= 4 is 16.0 Å². The standard InChI is InChI=1S/C31H50N4O9S/c1-20(2)15-23-18-35(34-33-23)30(5,6)12-14-42-31(7,8)11-13-32-28(38)22-9-10-26(27(16-22)44-45(39,40)21(3)4)43-29-25(37)17-24(36)19-41-29/h9-10,16,18,20-21,24-25,29,36-37H,11-15,17,19H2,1-8H3,(H,32,38)/t24-,25?,29+/m1/s1. The number of hydrogen-bond donors (Lipinski definition) is 3. The van der Waals surface area contributed by atoms with Crippen molar-refractivity contribution < 1.29 is 41.8 Å². The Hall–Kier alpha value is -2.78. The van der Waals surface area contributed by atoms with Crippen LogP contribution in [-0.4, -0.2) is 88.6 Å². The SMILES string of the molecule is CC(C)Cc1cn(C(C)(C)CCOC(C)(C)CCNC(=O)c2ccc(O[C@@H]3OC[C@H](O)CC3O)c(OS(=O)(=O)C(C)C)c2)nn1. The van der Waals surface area contributed by atoms with Gasteiger partial charge in [-0.1, -0.05) is 19.1 Å². The number of nitrogens with zero attached hydrogens (tertiary/aromatic N) is 3. The highest BCUT2D eigenvalue weighted by Crippen LogP contribution is 2.33. The van der Waals surface area contributed by atoms with E-state index in [4.69, 9.17) is 18.4 Å². The molecule has 0 aliphatic carbocycles. The van der Waals surface area contributed by atoms with Gasteiger partial charge in [-0.05, 0) is 84.9 Å². The fourth-order valence-corrected chi connectivity index (χ4v) is 5.07. The number of aliphatic hydroxyl groups is 2. The average molecular weight is 655 g/mol. The first-order valence-electron chi connectivity index (χ1n) is 15.4. The Bertz CT molecular complexity index is 1370. The van der Waals surface area contributed by atoms with E-state index in [-0.39, 0.29) is 35.6 Å². The molecule has 2 aromatic rings. The van der Waals surface area contributed by atoms with Crippen LogP contribution in [0.4, 0.5) is 0 Å². The van der Waals surface area contributed by atoms with Gasteiger partial charge in [-0.15, -0.1) is 5.10 Å². The maximum Gasteiger partial charge on any atom is 0.311 e. The van der Waals surface area contributed by atoms with E-state index in [0.717, 1.165) is 12.1 Å². The van der Waals surface area contributed by atoms with E-state index >= 15 is 0 Å². The van der Waals surface area contributed by atoms with Gasteiger partial charge >= 0.3 is 10.1 Å². The summed E-state index contributed by atoms with van der Waals surface area (Å²) in [7, 11) is -4.04. The zero-order valence-electron chi connectivity index (χ0n) is 27.6. The minimum Gasteiger partial charge on any atom is -0.458 e. The summed E-state index contributed by atoms with van der Waals surface area (Å²) in [5.41, 5.74) is 0.311. The largest absolute Gasteiger partial charge is 0.458 e. The van der Waals surface area contributed by atoms with Gasteiger partial charge in [0, 0.05) is 31.3 Å². The van der Waals surface area contributed by atoms with Crippen molar-refractivity contribution in [1.82, 2.24) is 20.3 Å². The van der Waals surface area contributed by atoms with E-state index in [1.807, 2.05) is 24.7 Å². The molecule has 1 fully saturated rings. The molecule has 45 heavy (non-hydrogen) atoms. The third kappa shape index (κ3) is 10.9. The summed E-state index contributed by atoms with van der Waals surface area (Å²) in [6, 6.07) is 4.12. The number of hydrogen-bond acceptors (Lipinski definition) is 11. The summed E-state index contributed by atoms with van der Waals surface area (Å²) in [5, 5.41) is 30.5. The van der Waals surface area contributed by atoms with E-state index in [0.29, 0.717) is 31.9 Å². The quantitative estimate of drug-likeness (QED) is 0.227. The third-order valence-electron chi connectivity index (χ3n) is 7.51. The van der Waals surface area contributed by atoms with Gasteiger partial charge in [-0.25, -0.2) is 4.68 Å². The number of ether oxygens (including phenoxy) is 3. The first-order valence-corrected chi connectivity index (χ1v) is 16.9. The van der Waals surface area contributed by atoms with Crippen LogP contribution in [0, 0.1) is 5.92 Å². The van der Waals surface area contributed by atoms with Gasteiger partial charge in [0.25, 0.3) is 5.91 Å². The summed E-state index contributed by atoms with van der Waals surface area (Å²) in [6.07, 6.45) is 1.00. The second kappa shape index (κ2) is 15.2. The molecule has 0 radical (unpaired) electrons. The second-order valence-electron chi connectivity index (χ2n) is 13.5. The van der Waals surface area contributed by atoms with E-state index < -0.39 is 45.4 Å². The first kappa shape index (κ1) is 36.7. The molecule has 3 N–H and O–H groups in total. The van der Waals surface area contributed by atoms with E-state index in [9.17, 15) is 23.4 Å². The second-order valence-corrected chi connectivity index (χ2v) is 15.6. The fraction of sp³-hybridized carbons (Fsp3) is 0.710. The highest BCUT2D eigenvalue weighted by atomic mass is 32.2. The van der Waals surface area contributed by atoms with Gasteiger partial charge in [0.05, 0.1) is 34.8 Å². The maximum atomic E-state index is 13.0. The molecule has 1 saturated heterocycles. The van der Waals surface area contributed by atoms with Crippen LogP contribution < -0.4 is 14.2 Å². The number of benzene rings is 1. The molecular formula is C31H50N4O9S. The lowest BCUT2D eigenvalue weighted by Gasteiger charge is -2.31. The molecule has 3 atom stereocenters. The van der Waals surface area contributed by atoms with Crippen LogP contribution >= 0.6 is 0 Å². The zero-order valence-corrected chi connectivity index (χ0v) is 28.5. The molecule has 1 aromatic heterocycles. The fourth-order valence-electron chi connectivity index (χ4n) is 4.49. The number of aromatic nitrogens is 3. The molecule has 13 nitrogen and oxygen atoms in total. The molecule has 1 aromatic carbocycles. The van der Waals surface area contributed by atoms with Gasteiger partial charge in [0.15, 0.2) is 11.5 Å². The van der Waals surface area contributed by atoms with Crippen LogP contribution in [0.25, 0.3) is 0 Å². The molecule has 1 unspecified atom stereocenters. The predicted octanol–water partition coefficient (Wildman–Crippen LogP) is 3.18. The summed E-state index contributed by atoms with van der Waals surface area (Å²) in [6.45, 7) is 16.0. The van der Waals surface area contributed by atoms with Crippen molar-refractivity contribution in [3.05, 3.63) is 35.7 Å². The number of nitrogens with one attached hydrogen (secondary N) is 1. The number of carbonyl (C=O) groups is 1. The van der Waals surface area contributed by atoms with Gasteiger partial charge < -0.3 is 33.9 Å². The van der Waals surface area contributed by atoms with Crippen LogP contribution in [0.5, 0.6) is 11.5 Å². The average Bonchev–Trinajstić information content (AvgIpc) is 3.39. The third-order valence-corrected chi connectivity index (χ3v) is 9.08. The highest BCUT2D eigenvalue weighted by Gasteiger charge is 2.32. The minimum atomic E-state index is -4.04. The Morgan fingerprint density at radius 1 is 1.13 bits per heavy atom. The summed E-state index contributed by atoms with van der Waals surface area (Å²) >= 11 is 0. The molecule has 0 bridgehead atoms. The molecule has 1 aliphatic rings. The Kier molecular flexibility index (Phi) is 12.4. The number of aliphatic hydroxyl groups excluding tert-OH is 2. The summed E-state index contributed by atoms with van der Waals surface area (Å²) in [5.74, 6) is -0.185. The predicted molar refractivity (Wildman–Crippen MR) is 168 cm³/mol. The lowest BCUT2D eigenvalue weighted by Crippen LogP contribution is -2.44. The lowest BCUT2D eigenvalue weighted by atomic mass is 10.0. The van der Waals surface area contributed by atoms with Gasteiger partial charge in [0.2, 0.25) is 6.29 Å². The molecule has 1 aliphatic heterocycles. The Balaban J connectivity index is 1.58. The summed E-state index contributed by atoms with van der Waals surface area (Å²) in [4.78, 5) is 13.0. The van der Waals surface area contributed by atoms with E-state index in [1.54, 1.807) is 0 Å². The van der Waals surface area contributed by atoms with Crippen molar-refractivity contribution in [2.45, 2.75) is 116 Å². The first-order chi connectivity index (χ1) is 20.9. The van der Waals surface area contributed by atoms with Crippen LogP contribution in [0.15, 0.2) is 24.4 Å². The molecule has 1 amide bonds. The lowest BCUT2D eigenvalue weighted by molar-refractivity contribution is -0.199. The Labute approximate surface area is 266 Å². The van der Waals surface area contributed by atoms with Gasteiger partial charge in [-0.3, -0.25) is 4.79 Å². The zero-order chi connectivity index (χ0) is 33.6. The van der Waals surface area contributed by atoms with Gasteiger partial charge in [0.1, 0.15) is 6.10 Å². The summed E-state index contributed by atoms with van der Waals surface area (Å²) < 4.78 is 49.6. The molecule has 254 valence electrons. The maximum absolute atomic E-state index is 13.0. The van der Waals surface area contributed by atoms with E-state index in [2.05, 4.69) is 43.3 Å². The van der Waals surface area contributed by atoms with Crippen LogP contribution in [-0.2, 0) is 31.6 Å². The topological polar surface area (TPSA) is 171 Å². The molecule has 3 rings (SSSR count). The van der Waals surface area contributed by atoms with Crippen molar-refractivity contribution in [1.29, 1.82) is 0 Å². The van der Waals surface area contributed by atoms with Crippen LogP contribution in [0.3, 0.4) is 0 Å². The number of amides is 1. The van der Waals surface area contributed by atoms with Crippen LogP contribution in [0.2, 0.25) is 0 Å².